The molecule has 0 saturated carbocycles. The number of benzene rings is 1. The van der Waals surface area contributed by atoms with Crippen LogP contribution in [0.4, 0.5) is 5.82 Å². The normalized spacial score (nSPS) is 10.2. The molecule has 0 unspecified atom stereocenters. The first-order valence-corrected chi connectivity index (χ1v) is 5.22. The van der Waals surface area contributed by atoms with Gasteiger partial charge in [-0.2, -0.15) is 0 Å². The molecule has 0 amide bonds. The highest BCUT2D eigenvalue weighted by Crippen LogP contribution is 2.28. The van der Waals surface area contributed by atoms with E-state index in [9.17, 15) is 0 Å². The summed E-state index contributed by atoms with van der Waals surface area (Å²) in [6.07, 6.45) is 0. The first-order chi connectivity index (χ1) is 7.70. The zero-order valence-corrected chi connectivity index (χ0v) is 9.63. The van der Waals surface area contributed by atoms with E-state index in [1.807, 2.05) is 0 Å². The predicted molar refractivity (Wildman–Crippen MR) is 65.3 cm³/mol. The van der Waals surface area contributed by atoms with Gasteiger partial charge >= 0.3 is 0 Å². The van der Waals surface area contributed by atoms with Crippen molar-refractivity contribution in [2.75, 3.05) is 5.43 Å². The van der Waals surface area contributed by atoms with Crippen LogP contribution in [0.25, 0.3) is 11.3 Å². The van der Waals surface area contributed by atoms with Crippen LogP contribution in [0.1, 0.15) is 0 Å². The Morgan fingerprint density at radius 3 is 2.44 bits per heavy atom. The number of anilines is 1. The van der Waals surface area contributed by atoms with Crippen molar-refractivity contribution in [1.82, 2.24) is 10.2 Å². The number of halogens is 2. The highest BCUT2D eigenvalue weighted by atomic mass is 35.5. The van der Waals surface area contributed by atoms with Gasteiger partial charge in [-0.15, -0.1) is 10.2 Å². The lowest BCUT2D eigenvalue weighted by molar-refractivity contribution is 1.03. The van der Waals surface area contributed by atoms with Crippen LogP contribution in [0.2, 0.25) is 10.0 Å². The number of aromatic nitrogens is 2. The molecule has 3 N–H and O–H groups in total. The molecular weight excluding hydrogens is 247 g/mol. The van der Waals surface area contributed by atoms with Gasteiger partial charge in [0.05, 0.1) is 10.7 Å². The Bertz CT molecular complexity index is 499. The van der Waals surface area contributed by atoms with E-state index in [2.05, 4.69) is 15.6 Å². The SMILES string of the molecule is NNc1ccc(-c2ccc(Cl)cc2Cl)nn1. The molecule has 0 aliphatic carbocycles. The molecule has 1 aromatic heterocycles. The summed E-state index contributed by atoms with van der Waals surface area (Å²) < 4.78 is 0. The second-order valence-electron chi connectivity index (χ2n) is 3.07. The number of nitrogens with one attached hydrogen (secondary N) is 1. The fourth-order valence-electron chi connectivity index (χ4n) is 1.25. The van der Waals surface area contributed by atoms with Gasteiger partial charge < -0.3 is 5.43 Å². The molecule has 0 atom stereocenters. The molecule has 2 rings (SSSR count). The third-order valence-electron chi connectivity index (χ3n) is 2.02. The zero-order chi connectivity index (χ0) is 11.5. The Labute approximate surface area is 102 Å². The Morgan fingerprint density at radius 1 is 1.06 bits per heavy atom. The first kappa shape index (κ1) is 11.1. The fraction of sp³-hybridized carbons (Fsp3) is 0. The highest BCUT2D eigenvalue weighted by Gasteiger charge is 2.06. The quantitative estimate of drug-likeness (QED) is 0.639. The lowest BCUT2D eigenvalue weighted by Gasteiger charge is -2.04. The standard InChI is InChI=1S/C10H8Cl2N4/c11-6-1-2-7(8(12)5-6)9-3-4-10(14-13)16-15-9/h1-5H,13H2,(H,14,16). The van der Waals surface area contributed by atoms with E-state index in [-0.39, 0.29) is 0 Å². The van der Waals surface area contributed by atoms with Crippen LogP contribution in [0.5, 0.6) is 0 Å². The second kappa shape index (κ2) is 4.65. The van der Waals surface area contributed by atoms with Crippen molar-refractivity contribution in [1.29, 1.82) is 0 Å². The molecule has 0 radical (unpaired) electrons. The van der Waals surface area contributed by atoms with E-state index in [1.54, 1.807) is 30.3 Å². The summed E-state index contributed by atoms with van der Waals surface area (Å²) in [6, 6.07) is 8.70. The fourth-order valence-corrected chi connectivity index (χ4v) is 1.76. The smallest absolute Gasteiger partial charge is 0.162 e. The maximum Gasteiger partial charge on any atom is 0.162 e. The van der Waals surface area contributed by atoms with E-state index in [0.29, 0.717) is 21.6 Å². The van der Waals surface area contributed by atoms with E-state index in [4.69, 9.17) is 29.0 Å². The summed E-state index contributed by atoms with van der Waals surface area (Å²) >= 11 is 11.9. The summed E-state index contributed by atoms with van der Waals surface area (Å²) in [6.45, 7) is 0. The first-order valence-electron chi connectivity index (χ1n) is 4.46. The summed E-state index contributed by atoms with van der Waals surface area (Å²) in [7, 11) is 0. The molecule has 1 aromatic carbocycles. The minimum Gasteiger partial charge on any atom is -0.307 e. The minimum atomic E-state index is 0.494. The summed E-state index contributed by atoms with van der Waals surface area (Å²) in [5.41, 5.74) is 3.85. The predicted octanol–water partition coefficient (Wildman–Crippen LogP) is 2.74. The van der Waals surface area contributed by atoms with Gasteiger partial charge in [-0.3, -0.25) is 0 Å². The van der Waals surface area contributed by atoms with Crippen molar-refractivity contribution in [2.24, 2.45) is 5.84 Å². The van der Waals surface area contributed by atoms with Crippen LogP contribution < -0.4 is 11.3 Å². The van der Waals surface area contributed by atoms with Crippen molar-refractivity contribution in [3.8, 4) is 11.3 Å². The van der Waals surface area contributed by atoms with Crippen LogP contribution in [0.3, 0.4) is 0 Å². The van der Waals surface area contributed by atoms with Gasteiger partial charge in [0.2, 0.25) is 0 Å². The van der Waals surface area contributed by atoms with Crippen LogP contribution in [0, 0.1) is 0 Å². The number of nitrogens with two attached hydrogens (primary N) is 1. The molecule has 0 bridgehead atoms. The van der Waals surface area contributed by atoms with E-state index < -0.39 is 0 Å². The van der Waals surface area contributed by atoms with Gasteiger partial charge in [0.25, 0.3) is 0 Å². The summed E-state index contributed by atoms with van der Waals surface area (Å²) in [5, 5.41) is 8.97. The van der Waals surface area contributed by atoms with Crippen LogP contribution in [-0.2, 0) is 0 Å². The Kier molecular flexibility index (Phi) is 3.24. The molecule has 16 heavy (non-hydrogen) atoms. The van der Waals surface area contributed by atoms with Crippen LogP contribution >= 0.6 is 23.2 Å². The number of hydrogen-bond acceptors (Lipinski definition) is 4. The molecule has 0 aliphatic heterocycles. The van der Waals surface area contributed by atoms with Crippen molar-refractivity contribution >= 4 is 29.0 Å². The highest BCUT2D eigenvalue weighted by molar-refractivity contribution is 6.36. The number of nitrogen functional groups attached to an aromatic ring is 1. The molecule has 82 valence electrons. The second-order valence-corrected chi connectivity index (χ2v) is 3.92. The van der Waals surface area contributed by atoms with Gasteiger partial charge in [-0.25, -0.2) is 5.84 Å². The number of hydrazine groups is 1. The average molecular weight is 255 g/mol. The molecule has 6 heteroatoms. The van der Waals surface area contributed by atoms with E-state index >= 15 is 0 Å². The monoisotopic (exact) mass is 254 g/mol. The summed E-state index contributed by atoms with van der Waals surface area (Å²) in [4.78, 5) is 0. The van der Waals surface area contributed by atoms with Crippen molar-refractivity contribution in [2.45, 2.75) is 0 Å². The third-order valence-corrected chi connectivity index (χ3v) is 2.57. The molecule has 0 fully saturated rings. The maximum absolute atomic E-state index is 6.05. The van der Waals surface area contributed by atoms with Crippen LogP contribution in [0.15, 0.2) is 30.3 Å². The third kappa shape index (κ3) is 2.24. The molecule has 0 saturated heterocycles. The molecular formula is C10H8Cl2N4. The Hall–Kier alpha value is -1.36. The lowest BCUT2D eigenvalue weighted by atomic mass is 10.1. The molecule has 1 heterocycles. The van der Waals surface area contributed by atoms with E-state index in [1.165, 1.54) is 0 Å². The molecule has 0 aliphatic rings. The molecule has 4 nitrogen and oxygen atoms in total. The van der Waals surface area contributed by atoms with Crippen molar-refractivity contribution in [3.05, 3.63) is 40.4 Å². The Balaban J connectivity index is 2.42. The van der Waals surface area contributed by atoms with Crippen LogP contribution in [-0.4, -0.2) is 10.2 Å². The van der Waals surface area contributed by atoms with Gasteiger partial charge in [0.1, 0.15) is 0 Å². The van der Waals surface area contributed by atoms with Crippen molar-refractivity contribution in [3.63, 3.8) is 0 Å². The number of nitrogens with zero attached hydrogens (tertiary/aromatic N) is 2. The topological polar surface area (TPSA) is 63.8 Å². The average Bonchev–Trinajstić information content (AvgIpc) is 2.29. The lowest BCUT2D eigenvalue weighted by Crippen LogP contribution is -2.09. The molecule has 0 spiro atoms. The Morgan fingerprint density at radius 2 is 1.88 bits per heavy atom. The molecule has 2 aromatic rings. The van der Waals surface area contributed by atoms with Gasteiger partial charge in [-0.05, 0) is 30.3 Å². The largest absolute Gasteiger partial charge is 0.307 e. The number of rotatable bonds is 2. The van der Waals surface area contributed by atoms with Gasteiger partial charge in [-0.1, -0.05) is 23.2 Å². The van der Waals surface area contributed by atoms with E-state index in [0.717, 1.165) is 5.56 Å². The number of hydrogen-bond donors (Lipinski definition) is 2. The summed E-state index contributed by atoms with van der Waals surface area (Å²) in [5.74, 6) is 5.69. The van der Waals surface area contributed by atoms with Gasteiger partial charge in [0.15, 0.2) is 5.82 Å². The zero-order valence-electron chi connectivity index (χ0n) is 8.11. The van der Waals surface area contributed by atoms with Gasteiger partial charge in [0, 0.05) is 10.6 Å². The maximum atomic E-state index is 6.05. The minimum absolute atomic E-state index is 0.494. The van der Waals surface area contributed by atoms with Crippen molar-refractivity contribution < 1.29 is 0 Å².